The summed E-state index contributed by atoms with van der Waals surface area (Å²) in [7, 11) is 0. The number of rotatable bonds is 6. The molecule has 4 amide bonds. The lowest BCUT2D eigenvalue weighted by atomic mass is 9.49. The van der Waals surface area contributed by atoms with Crippen molar-refractivity contribution in [2.24, 2.45) is 23.7 Å². The van der Waals surface area contributed by atoms with Gasteiger partial charge in [-0.15, -0.1) is 0 Å². The number of carbonyl (C=O) groups excluding carboxylic acids is 4. The first-order valence-corrected chi connectivity index (χ1v) is 17.5. The fraction of sp³-hybridized carbons (Fsp3) is 0.250. The lowest BCUT2D eigenvalue weighted by Gasteiger charge is -2.50. The molecule has 0 radical (unpaired) electrons. The Bertz CT molecular complexity index is 2250. The number of aryl methyl sites for hydroxylation is 2. The van der Waals surface area contributed by atoms with E-state index < -0.39 is 69.4 Å². The minimum atomic E-state index is -1.57. The standard InChI is InChI=1S/C40H32ClFN4O7/c1-20-17-22(18-21(2)35(20)47)34-29-15-16-30-33(38(50)44(36(30)48)27-11-13-28(14-12-27)46(52)53)31(29)19-32-37(49)45(43-26-9-7-25(42)8-10-26)39(51)40(32,34)23-3-5-24(41)6-4-23/h3-15,17-18,30-34,43,47H,16,19H2,1-2H3. The summed E-state index contributed by atoms with van der Waals surface area (Å²) in [5.74, 6) is -6.64. The summed E-state index contributed by atoms with van der Waals surface area (Å²) in [5, 5.41) is 23.5. The van der Waals surface area contributed by atoms with Crippen molar-refractivity contribution in [1.82, 2.24) is 5.01 Å². The average Bonchev–Trinajstić information content (AvgIpc) is 3.52. The Morgan fingerprint density at radius 2 is 1.53 bits per heavy atom. The maximum absolute atomic E-state index is 15.3. The van der Waals surface area contributed by atoms with Crippen molar-refractivity contribution in [3.05, 3.63) is 140 Å². The molecule has 1 saturated carbocycles. The molecule has 6 atom stereocenters. The molecule has 0 bridgehead atoms. The first-order valence-electron chi connectivity index (χ1n) is 17.1. The van der Waals surface area contributed by atoms with E-state index in [1.807, 2.05) is 6.08 Å². The molecule has 13 heteroatoms. The molecule has 2 saturated heterocycles. The van der Waals surface area contributed by atoms with Crippen LogP contribution >= 0.6 is 11.6 Å². The number of phenols is 1. The van der Waals surface area contributed by atoms with Crippen LogP contribution in [0.5, 0.6) is 5.75 Å². The number of amides is 4. The van der Waals surface area contributed by atoms with Gasteiger partial charge in [0.15, 0.2) is 0 Å². The maximum Gasteiger partial charge on any atom is 0.269 e. The number of nitrogens with one attached hydrogen (secondary N) is 1. The van der Waals surface area contributed by atoms with Crippen molar-refractivity contribution in [3.8, 4) is 5.75 Å². The van der Waals surface area contributed by atoms with Crippen molar-refractivity contribution in [2.45, 2.75) is 38.0 Å². The zero-order valence-corrected chi connectivity index (χ0v) is 29.2. The van der Waals surface area contributed by atoms with E-state index >= 15 is 4.79 Å². The second-order valence-electron chi connectivity index (χ2n) is 14.2. The van der Waals surface area contributed by atoms with Crippen LogP contribution in [0.4, 0.5) is 21.5 Å². The maximum atomic E-state index is 15.3. The van der Waals surface area contributed by atoms with E-state index in [9.17, 15) is 34.0 Å². The lowest BCUT2D eigenvalue weighted by Crippen LogP contribution is -2.53. The van der Waals surface area contributed by atoms with E-state index in [-0.39, 0.29) is 30.0 Å². The normalized spacial score (nSPS) is 26.3. The van der Waals surface area contributed by atoms with Gasteiger partial charge in [0.1, 0.15) is 11.6 Å². The highest BCUT2D eigenvalue weighted by atomic mass is 35.5. The van der Waals surface area contributed by atoms with Gasteiger partial charge in [0.25, 0.3) is 17.5 Å². The molecule has 8 rings (SSSR count). The molecule has 2 aliphatic heterocycles. The molecule has 2 aliphatic carbocycles. The summed E-state index contributed by atoms with van der Waals surface area (Å²) < 4.78 is 13.9. The van der Waals surface area contributed by atoms with Gasteiger partial charge in [-0.3, -0.25) is 39.6 Å². The third kappa shape index (κ3) is 5.07. The molecule has 268 valence electrons. The number of allylic oxidation sites excluding steroid dienone is 2. The molecule has 4 aromatic carbocycles. The molecule has 2 N–H and O–H groups in total. The molecule has 3 fully saturated rings. The predicted molar refractivity (Wildman–Crippen MR) is 192 cm³/mol. The van der Waals surface area contributed by atoms with Crippen LogP contribution in [0, 0.1) is 53.5 Å². The first-order chi connectivity index (χ1) is 25.3. The van der Waals surface area contributed by atoms with Crippen molar-refractivity contribution < 1.29 is 33.6 Å². The summed E-state index contributed by atoms with van der Waals surface area (Å²) in [6.07, 6.45) is 2.14. The molecule has 0 aromatic heterocycles. The lowest BCUT2D eigenvalue weighted by molar-refractivity contribution is -0.384. The number of hydrazine groups is 1. The Balaban J connectivity index is 1.32. The summed E-state index contributed by atoms with van der Waals surface area (Å²) in [4.78, 5) is 70.3. The van der Waals surface area contributed by atoms with Crippen molar-refractivity contribution in [2.75, 3.05) is 10.3 Å². The molecule has 11 nitrogen and oxygen atoms in total. The minimum Gasteiger partial charge on any atom is -0.507 e. The van der Waals surface area contributed by atoms with E-state index in [2.05, 4.69) is 5.43 Å². The zero-order chi connectivity index (χ0) is 37.5. The SMILES string of the molecule is Cc1cc(C2C3=CCC4C(=O)N(c5ccc([N+](=O)[O-])cc5)C(=O)C4C3CC3C(=O)N(Nc4ccc(F)cc4)C(=O)C32c2ccc(Cl)cc2)cc(C)c1O. The molecule has 4 aromatic rings. The second kappa shape index (κ2) is 12.4. The Morgan fingerprint density at radius 1 is 0.887 bits per heavy atom. The molecule has 0 spiro atoms. The van der Waals surface area contributed by atoms with Crippen molar-refractivity contribution in [1.29, 1.82) is 0 Å². The number of aromatic hydroxyl groups is 1. The van der Waals surface area contributed by atoms with Crippen LogP contribution in [0.3, 0.4) is 0 Å². The minimum absolute atomic E-state index is 0.0431. The number of fused-ring (bicyclic) bond motifs is 4. The summed E-state index contributed by atoms with van der Waals surface area (Å²) in [6, 6.07) is 20.8. The highest BCUT2D eigenvalue weighted by molar-refractivity contribution is 6.30. The quantitative estimate of drug-likeness (QED) is 0.0941. The van der Waals surface area contributed by atoms with Crippen LogP contribution in [0.2, 0.25) is 5.02 Å². The first kappa shape index (κ1) is 34.2. The number of phenolic OH excluding ortho intramolecular Hbond substituents is 1. The van der Waals surface area contributed by atoms with Gasteiger partial charge in [-0.05, 0) is 103 Å². The number of halogens is 2. The monoisotopic (exact) mass is 734 g/mol. The zero-order valence-electron chi connectivity index (χ0n) is 28.5. The van der Waals surface area contributed by atoms with Gasteiger partial charge in [0.05, 0.1) is 39.5 Å². The van der Waals surface area contributed by atoms with Crippen LogP contribution in [0.15, 0.2) is 96.6 Å². The number of anilines is 2. The molecular formula is C40H32ClFN4O7. The van der Waals surface area contributed by atoms with Gasteiger partial charge in [-0.25, -0.2) is 4.39 Å². The number of non-ortho nitro benzene ring substituents is 1. The Kier molecular flexibility index (Phi) is 7.99. The second-order valence-corrected chi connectivity index (χ2v) is 14.6. The number of nitro groups is 1. The summed E-state index contributed by atoms with van der Waals surface area (Å²) in [5.41, 5.74) is 4.65. The van der Waals surface area contributed by atoms with Crippen LogP contribution in [-0.4, -0.2) is 38.7 Å². The van der Waals surface area contributed by atoms with Crippen LogP contribution in [0.25, 0.3) is 0 Å². The number of hydrogen-bond acceptors (Lipinski definition) is 8. The summed E-state index contributed by atoms with van der Waals surface area (Å²) in [6.45, 7) is 3.49. The molecule has 6 unspecified atom stereocenters. The van der Waals surface area contributed by atoms with Gasteiger partial charge in [-0.1, -0.05) is 47.5 Å². The number of hydrogen-bond donors (Lipinski definition) is 2. The number of carbonyl (C=O) groups is 4. The largest absolute Gasteiger partial charge is 0.507 e. The van der Waals surface area contributed by atoms with E-state index in [0.29, 0.717) is 33.0 Å². The average molecular weight is 735 g/mol. The van der Waals surface area contributed by atoms with Crippen LogP contribution in [-0.2, 0) is 24.6 Å². The van der Waals surface area contributed by atoms with Gasteiger partial charge >= 0.3 is 0 Å². The fourth-order valence-electron chi connectivity index (χ4n) is 9.16. The Labute approximate surface area is 307 Å². The third-order valence-electron chi connectivity index (χ3n) is 11.4. The van der Waals surface area contributed by atoms with E-state index in [1.54, 1.807) is 50.2 Å². The van der Waals surface area contributed by atoms with Gasteiger partial charge in [0.2, 0.25) is 11.8 Å². The summed E-state index contributed by atoms with van der Waals surface area (Å²) >= 11 is 6.36. The van der Waals surface area contributed by atoms with Crippen molar-refractivity contribution in [3.63, 3.8) is 0 Å². The van der Waals surface area contributed by atoms with E-state index in [1.165, 1.54) is 48.5 Å². The van der Waals surface area contributed by atoms with Gasteiger partial charge in [0, 0.05) is 23.1 Å². The number of benzene rings is 4. The third-order valence-corrected chi connectivity index (χ3v) is 11.7. The van der Waals surface area contributed by atoms with Gasteiger partial charge in [-0.2, -0.15) is 5.01 Å². The van der Waals surface area contributed by atoms with E-state index in [4.69, 9.17) is 11.6 Å². The van der Waals surface area contributed by atoms with Gasteiger partial charge < -0.3 is 5.11 Å². The van der Waals surface area contributed by atoms with Crippen molar-refractivity contribution >= 4 is 52.3 Å². The highest BCUT2D eigenvalue weighted by Crippen LogP contribution is 2.64. The predicted octanol–water partition coefficient (Wildman–Crippen LogP) is 6.90. The smallest absolute Gasteiger partial charge is 0.269 e. The number of nitrogens with zero attached hydrogens (tertiary/aromatic N) is 3. The topological polar surface area (TPSA) is 150 Å². The molecule has 2 heterocycles. The molecule has 53 heavy (non-hydrogen) atoms. The Morgan fingerprint density at radius 3 is 2.15 bits per heavy atom. The number of imide groups is 2. The molecule has 4 aliphatic rings. The highest BCUT2D eigenvalue weighted by Gasteiger charge is 2.70. The molecular weight excluding hydrogens is 703 g/mol. The Hall–Kier alpha value is -5.88. The van der Waals surface area contributed by atoms with E-state index in [0.717, 1.165) is 15.5 Å². The fourth-order valence-corrected chi connectivity index (χ4v) is 9.29. The van der Waals surface area contributed by atoms with Crippen LogP contribution < -0.4 is 10.3 Å². The number of nitro benzene ring substituents is 1. The van der Waals surface area contributed by atoms with Crippen LogP contribution in [0.1, 0.15) is 41.0 Å².